The Morgan fingerprint density at radius 2 is 1.62 bits per heavy atom. The largest absolute Gasteiger partial charge is 0.573 e. The van der Waals surface area contributed by atoms with E-state index in [-0.39, 0.29) is 5.75 Å². The molecule has 0 amide bonds. The molecule has 0 unspecified atom stereocenters. The number of hydrogen-bond acceptors (Lipinski definition) is 2. The van der Waals surface area contributed by atoms with Crippen molar-refractivity contribution >= 4 is 31.9 Å². The van der Waals surface area contributed by atoms with E-state index in [1.807, 2.05) is 18.2 Å². The van der Waals surface area contributed by atoms with Crippen molar-refractivity contribution in [2.75, 3.05) is 0 Å². The Morgan fingerprint density at radius 1 is 1.00 bits per heavy atom. The normalized spacial score (nSPS) is 13.0. The number of benzene rings is 2. The van der Waals surface area contributed by atoms with Gasteiger partial charge >= 0.3 is 6.36 Å². The van der Waals surface area contributed by atoms with E-state index in [1.54, 1.807) is 0 Å². The minimum absolute atomic E-state index is 0.272. The fourth-order valence-electron chi connectivity index (χ4n) is 1.81. The number of nitrogens with two attached hydrogens (primary N) is 1. The summed E-state index contributed by atoms with van der Waals surface area (Å²) in [6.07, 6.45) is -4.70. The summed E-state index contributed by atoms with van der Waals surface area (Å²) in [5.74, 6) is -0.272. The Morgan fingerprint density at radius 3 is 2.19 bits per heavy atom. The van der Waals surface area contributed by atoms with E-state index in [0.29, 0.717) is 5.56 Å². The molecular weight excluding hydrogens is 415 g/mol. The molecule has 0 aliphatic carbocycles. The van der Waals surface area contributed by atoms with Gasteiger partial charge in [-0.05, 0) is 41.5 Å². The molecule has 2 aromatic carbocycles. The molecule has 2 rings (SSSR count). The van der Waals surface area contributed by atoms with Gasteiger partial charge in [0.1, 0.15) is 5.75 Å². The molecule has 2 N–H and O–H groups in total. The van der Waals surface area contributed by atoms with Crippen LogP contribution in [0, 0.1) is 0 Å². The smallest absolute Gasteiger partial charge is 0.406 e. The van der Waals surface area contributed by atoms with Crippen LogP contribution in [0.1, 0.15) is 17.2 Å². The van der Waals surface area contributed by atoms with E-state index >= 15 is 0 Å². The molecule has 0 bridgehead atoms. The first-order chi connectivity index (χ1) is 9.76. The molecule has 7 heteroatoms. The molecule has 112 valence electrons. The zero-order valence-electron chi connectivity index (χ0n) is 10.5. The summed E-state index contributed by atoms with van der Waals surface area (Å²) in [7, 11) is 0. The summed E-state index contributed by atoms with van der Waals surface area (Å²) in [4.78, 5) is 0. The lowest BCUT2D eigenvalue weighted by Crippen LogP contribution is -2.17. The SMILES string of the molecule is N[C@@H](c1ccc(OC(F)(F)F)cc1)c1cc(Br)ccc1Br. The lowest BCUT2D eigenvalue weighted by atomic mass is 10.00. The van der Waals surface area contributed by atoms with Gasteiger partial charge in [0.05, 0.1) is 6.04 Å². The zero-order valence-corrected chi connectivity index (χ0v) is 13.7. The molecule has 1 atom stereocenters. The lowest BCUT2D eigenvalue weighted by molar-refractivity contribution is -0.274. The third-order valence-corrected chi connectivity index (χ3v) is 3.98. The van der Waals surface area contributed by atoms with Crippen molar-refractivity contribution in [3.63, 3.8) is 0 Å². The molecule has 2 nitrogen and oxygen atoms in total. The Balaban J connectivity index is 2.24. The number of halogens is 5. The summed E-state index contributed by atoms with van der Waals surface area (Å²) >= 11 is 6.77. The van der Waals surface area contributed by atoms with Gasteiger partial charge in [0.15, 0.2) is 0 Å². The number of rotatable bonds is 3. The fourth-order valence-corrected chi connectivity index (χ4v) is 2.68. The summed E-state index contributed by atoms with van der Waals surface area (Å²) in [6, 6.07) is 10.6. The van der Waals surface area contributed by atoms with Gasteiger partial charge in [0.25, 0.3) is 0 Å². The maximum absolute atomic E-state index is 12.1. The quantitative estimate of drug-likeness (QED) is 0.738. The van der Waals surface area contributed by atoms with Crippen LogP contribution in [0.15, 0.2) is 51.4 Å². The van der Waals surface area contributed by atoms with Crippen LogP contribution in [0.25, 0.3) is 0 Å². The van der Waals surface area contributed by atoms with E-state index in [4.69, 9.17) is 5.73 Å². The van der Waals surface area contributed by atoms with Crippen molar-refractivity contribution in [1.29, 1.82) is 0 Å². The van der Waals surface area contributed by atoms with Gasteiger partial charge in [-0.15, -0.1) is 13.2 Å². The average molecular weight is 425 g/mol. The van der Waals surface area contributed by atoms with Crippen molar-refractivity contribution < 1.29 is 17.9 Å². The van der Waals surface area contributed by atoms with Crippen LogP contribution in [-0.4, -0.2) is 6.36 Å². The highest BCUT2D eigenvalue weighted by atomic mass is 79.9. The second kappa shape index (κ2) is 6.37. The first-order valence-corrected chi connectivity index (χ1v) is 7.41. The standard InChI is InChI=1S/C14H10Br2F3NO/c15-9-3-6-12(16)11(7-9)13(20)8-1-4-10(5-2-8)21-14(17,18)19/h1-7,13H,20H2/t13-/m0/s1. The molecule has 2 aromatic rings. The van der Waals surface area contributed by atoms with Crippen LogP contribution in [-0.2, 0) is 0 Å². The molecule has 0 heterocycles. The van der Waals surface area contributed by atoms with E-state index in [2.05, 4.69) is 36.6 Å². The van der Waals surface area contributed by atoms with Gasteiger partial charge in [-0.3, -0.25) is 0 Å². The molecule has 0 aliphatic rings. The molecule has 0 aromatic heterocycles. The predicted molar refractivity (Wildman–Crippen MR) is 81.0 cm³/mol. The van der Waals surface area contributed by atoms with Crippen LogP contribution >= 0.6 is 31.9 Å². The molecular formula is C14H10Br2F3NO. The highest BCUT2D eigenvalue weighted by molar-refractivity contribution is 9.11. The van der Waals surface area contributed by atoms with E-state index in [0.717, 1.165) is 14.5 Å². The minimum Gasteiger partial charge on any atom is -0.406 e. The number of alkyl halides is 3. The van der Waals surface area contributed by atoms with Gasteiger partial charge in [-0.25, -0.2) is 0 Å². The summed E-state index contributed by atoms with van der Waals surface area (Å²) < 4.78 is 41.8. The maximum Gasteiger partial charge on any atom is 0.573 e. The van der Waals surface area contributed by atoms with Gasteiger partial charge in [-0.2, -0.15) is 0 Å². The lowest BCUT2D eigenvalue weighted by Gasteiger charge is -2.16. The maximum atomic E-state index is 12.1. The second-order valence-electron chi connectivity index (χ2n) is 4.26. The topological polar surface area (TPSA) is 35.2 Å². The molecule has 0 fully saturated rings. The Labute approximate surface area is 136 Å². The van der Waals surface area contributed by atoms with E-state index in [1.165, 1.54) is 24.3 Å². The first kappa shape index (κ1) is 16.3. The third kappa shape index (κ3) is 4.46. The van der Waals surface area contributed by atoms with Crippen molar-refractivity contribution in [2.24, 2.45) is 5.73 Å². The third-order valence-electron chi connectivity index (χ3n) is 2.77. The Hall–Kier alpha value is -1.05. The second-order valence-corrected chi connectivity index (χ2v) is 6.03. The number of ether oxygens (including phenoxy) is 1. The monoisotopic (exact) mass is 423 g/mol. The van der Waals surface area contributed by atoms with Gasteiger partial charge in [-0.1, -0.05) is 44.0 Å². The van der Waals surface area contributed by atoms with Crippen LogP contribution in [0.4, 0.5) is 13.2 Å². The predicted octanol–water partition coefficient (Wildman–Crippen LogP) is 5.16. The van der Waals surface area contributed by atoms with Crippen LogP contribution in [0.2, 0.25) is 0 Å². The Bertz CT molecular complexity index is 629. The minimum atomic E-state index is -4.70. The van der Waals surface area contributed by atoms with Crippen molar-refractivity contribution in [2.45, 2.75) is 12.4 Å². The van der Waals surface area contributed by atoms with Crippen molar-refractivity contribution in [3.8, 4) is 5.75 Å². The molecule has 0 aliphatic heterocycles. The van der Waals surface area contributed by atoms with E-state index in [9.17, 15) is 13.2 Å². The van der Waals surface area contributed by atoms with Crippen LogP contribution in [0.5, 0.6) is 5.75 Å². The fraction of sp³-hybridized carbons (Fsp3) is 0.143. The number of hydrogen-bond donors (Lipinski definition) is 1. The molecule has 0 radical (unpaired) electrons. The Kier molecular flexibility index (Phi) is 4.95. The molecule has 0 saturated heterocycles. The first-order valence-electron chi connectivity index (χ1n) is 5.82. The highest BCUT2D eigenvalue weighted by Crippen LogP contribution is 2.31. The van der Waals surface area contributed by atoms with Crippen molar-refractivity contribution in [1.82, 2.24) is 0 Å². The summed E-state index contributed by atoms with van der Waals surface area (Å²) in [5, 5.41) is 0. The molecule has 0 spiro atoms. The van der Waals surface area contributed by atoms with E-state index < -0.39 is 12.4 Å². The van der Waals surface area contributed by atoms with Gasteiger partial charge < -0.3 is 10.5 Å². The average Bonchev–Trinajstić information content (AvgIpc) is 2.40. The molecule has 0 saturated carbocycles. The van der Waals surface area contributed by atoms with Crippen LogP contribution < -0.4 is 10.5 Å². The zero-order chi connectivity index (χ0) is 15.6. The van der Waals surface area contributed by atoms with Gasteiger partial charge in [0, 0.05) is 8.95 Å². The molecule has 21 heavy (non-hydrogen) atoms. The summed E-state index contributed by atoms with van der Waals surface area (Å²) in [5.41, 5.74) is 7.66. The summed E-state index contributed by atoms with van der Waals surface area (Å²) in [6.45, 7) is 0. The van der Waals surface area contributed by atoms with Gasteiger partial charge in [0.2, 0.25) is 0 Å². The highest BCUT2D eigenvalue weighted by Gasteiger charge is 2.31. The van der Waals surface area contributed by atoms with Crippen molar-refractivity contribution in [3.05, 3.63) is 62.5 Å². The van der Waals surface area contributed by atoms with Crippen LogP contribution in [0.3, 0.4) is 0 Å².